The minimum atomic E-state index is -4.61. The normalized spacial score (nSPS) is 11.7. The summed E-state index contributed by atoms with van der Waals surface area (Å²) in [5.74, 6) is -0.700. The summed E-state index contributed by atoms with van der Waals surface area (Å²) in [6.07, 6.45) is 0.527. The third-order valence-electron chi connectivity index (χ3n) is 3.03. The molecular weight excluding hydrogens is 341 g/mol. The molecule has 0 aliphatic rings. The minimum absolute atomic E-state index is 0.461. The molecule has 2 rings (SSSR count). The number of amides is 1. The predicted octanol–water partition coefficient (Wildman–Crippen LogP) is 3.77. The highest BCUT2D eigenvalue weighted by Crippen LogP contribution is 2.29. The number of pyridine rings is 1. The number of carbonyl (C=O) groups is 1. The molecule has 24 heavy (non-hydrogen) atoms. The molecule has 2 aromatic rings. The number of aromatic amines is 1. The molecule has 1 amide bonds. The summed E-state index contributed by atoms with van der Waals surface area (Å²) in [6.45, 7) is 0. The second-order valence-electron chi connectivity index (χ2n) is 4.72. The Hall–Kier alpha value is -2.48. The second-order valence-corrected chi connectivity index (χ2v) is 5.60. The fourth-order valence-corrected chi connectivity index (χ4v) is 2.21. The summed E-state index contributed by atoms with van der Waals surface area (Å²) in [6, 6.07) is 7.94. The van der Waals surface area contributed by atoms with Crippen molar-refractivity contribution in [1.82, 2.24) is 4.98 Å². The first kappa shape index (κ1) is 17.9. The van der Waals surface area contributed by atoms with E-state index >= 15 is 0 Å². The average molecular weight is 354 g/mol. The van der Waals surface area contributed by atoms with Crippen LogP contribution >= 0.6 is 11.8 Å². The van der Waals surface area contributed by atoms with Gasteiger partial charge < -0.3 is 10.3 Å². The van der Waals surface area contributed by atoms with Gasteiger partial charge in [0.15, 0.2) is 0 Å². The standard InChI is InChI=1S/C16H13F3N2O2S/c1-24-12-5-2-10(3-6-12)4-7-14(22)21-13-8-11(16(17,18)19)9-20-15(13)23/h2-9H,1H3,(H,20,23)(H,21,22)/b7-4+. The number of anilines is 1. The summed E-state index contributed by atoms with van der Waals surface area (Å²) in [5.41, 5.74) is -1.57. The number of nitrogens with one attached hydrogen (secondary N) is 2. The van der Waals surface area contributed by atoms with Crippen LogP contribution < -0.4 is 10.9 Å². The molecule has 0 saturated carbocycles. The van der Waals surface area contributed by atoms with E-state index in [1.54, 1.807) is 23.9 Å². The van der Waals surface area contributed by atoms with Crippen LogP contribution in [-0.4, -0.2) is 17.1 Å². The van der Waals surface area contributed by atoms with Crippen LogP contribution in [0.25, 0.3) is 6.08 Å². The van der Waals surface area contributed by atoms with Crippen LogP contribution in [0.15, 0.2) is 52.3 Å². The Morgan fingerprint density at radius 1 is 1.25 bits per heavy atom. The fourth-order valence-electron chi connectivity index (χ4n) is 1.80. The molecule has 8 heteroatoms. The molecule has 1 aromatic heterocycles. The summed E-state index contributed by atoms with van der Waals surface area (Å²) < 4.78 is 37.9. The van der Waals surface area contributed by atoms with Crippen molar-refractivity contribution >= 4 is 29.4 Å². The monoisotopic (exact) mass is 354 g/mol. The van der Waals surface area contributed by atoms with Crippen molar-refractivity contribution in [2.75, 3.05) is 11.6 Å². The molecule has 0 saturated heterocycles. The maximum Gasteiger partial charge on any atom is 0.417 e. The van der Waals surface area contributed by atoms with Gasteiger partial charge in [-0.25, -0.2) is 0 Å². The van der Waals surface area contributed by atoms with Crippen LogP contribution in [0.2, 0.25) is 0 Å². The van der Waals surface area contributed by atoms with Gasteiger partial charge >= 0.3 is 6.18 Å². The molecule has 0 unspecified atom stereocenters. The van der Waals surface area contributed by atoms with Crippen LogP contribution in [-0.2, 0) is 11.0 Å². The Balaban J connectivity index is 2.11. The summed E-state index contributed by atoms with van der Waals surface area (Å²) in [5, 5.41) is 2.14. The lowest BCUT2D eigenvalue weighted by molar-refractivity contribution is -0.137. The molecule has 0 radical (unpaired) electrons. The van der Waals surface area contributed by atoms with Gasteiger partial charge in [-0.05, 0) is 36.1 Å². The van der Waals surface area contributed by atoms with E-state index < -0.39 is 28.9 Å². The number of thioether (sulfide) groups is 1. The number of benzene rings is 1. The van der Waals surface area contributed by atoms with Crippen molar-refractivity contribution in [3.8, 4) is 0 Å². The summed E-state index contributed by atoms with van der Waals surface area (Å²) >= 11 is 1.58. The van der Waals surface area contributed by atoms with E-state index in [2.05, 4.69) is 5.32 Å². The zero-order valence-electron chi connectivity index (χ0n) is 12.5. The SMILES string of the molecule is CSc1ccc(/C=C/C(=O)Nc2cc(C(F)(F)F)c[nH]c2=O)cc1. The third kappa shape index (κ3) is 4.76. The Labute approximate surface area is 139 Å². The number of H-pyrrole nitrogens is 1. The first-order valence-corrected chi connectivity index (χ1v) is 7.95. The van der Waals surface area contributed by atoms with Crippen molar-refractivity contribution in [1.29, 1.82) is 0 Å². The molecule has 1 aromatic carbocycles. The van der Waals surface area contributed by atoms with Gasteiger partial charge in [-0.15, -0.1) is 11.8 Å². The van der Waals surface area contributed by atoms with Crippen molar-refractivity contribution in [2.24, 2.45) is 0 Å². The van der Waals surface area contributed by atoms with E-state index in [9.17, 15) is 22.8 Å². The quantitative estimate of drug-likeness (QED) is 0.649. The maximum atomic E-state index is 12.6. The number of hydrogen-bond acceptors (Lipinski definition) is 3. The topological polar surface area (TPSA) is 62.0 Å². The molecule has 0 atom stereocenters. The van der Waals surface area contributed by atoms with E-state index in [1.165, 1.54) is 6.08 Å². The number of aromatic nitrogens is 1. The van der Waals surface area contributed by atoms with Gasteiger partial charge in [-0.3, -0.25) is 9.59 Å². The summed E-state index contributed by atoms with van der Waals surface area (Å²) in [4.78, 5) is 26.3. The van der Waals surface area contributed by atoms with Gasteiger partial charge in [0.25, 0.3) is 5.56 Å². The van der Waals surface area contributed by atoms with Gasteiger partial charge in [0.2, 0.25) is 5.91 Å². The molecule has 4 nitrogen and oxygen atoms in total. The zero-order valence-corrected chi connectivity index (χ0v) is 13.3. The lowest BCUT2D eigenvalue weighted by Gasteiger charge is -2.08. The van der Waals surface area contributed by atoms with Crippen molar-refractivity contribution in [2.45, 2.75) is 11.1 Å². The van der Waals surface area contributed by atoms with Gasteiger partial charge in [0.05, 0.1) is 5.56 Å². The minimum Gasteiger partial charge on any atom is -0.327 e. The number of rotatable bonds is 4. The largest absolute Gasteiger partial charge is 0.417 e. The van der Waals surface area contributed by atoms with Crippen molar-refractivity contribution < 1.29 is 18.0 Å². The lowest BCUT2D eigenvalue weighted by Crippen LogP contribution is -2.20. The fraction of sp³-hybridized carbons (Fsp3) is 0.125. The van der Waals surface area contributed by atoms with E-state index in [-0.39, 0.29) is 0 Å². The van der Waals surface area contributed by atoms with Crippen LogP contribution in [0.1, 0.15) is 11.1 Å². The van der Waals surface area contributed by atoms with Crippen LogP contribution in [0.3, 0.4) is 0 Å². The molecular formula is C16H13F3N2O2S. The van der Waals surface area contributed by atoms with Crippen LogP contribution in [0.5, 0.6) is 0 Å². The third-order valence-corrected chi connectivity index (χ3v) is 3.77. The van der Waals surface area contributed by atoms with Crippen molar-refractivity contribution in [3.63, 3.8) is 0 Å². The highest BCUT2D eigenvalue weighted by Gasteiger charge is 2.31. The molecule has 0 aliphatic heterocycles. The average Bonchev–Trinajstić information content (AvgIpc) is 2.54. The van der Waals surface area contributed by atoms with E-state index in [0.717, 1.165) is 16.5 Å². The number of carbonyl (C=O) groups excluding carboxylic acids is 1. The van der Waals surface area contributed by atoms with E-state index in [1.807, 2.05) is 23.4 Å². The van der Waals surface area contributed by atoms with Gasteiger partial charge in [0.1, 0.15) is 5.69 Å². The first-order chi connectivity index (χ1) is 11.3. The Morgan fingerprint density at radius 2 is 1.92 bits per heavy atom. The molecule has 1 heterocycles. The van der Waals surface area contributed by atoms with E-state index in [0.29, 0.717) is 12.3 Å². The molecule has 0 bridgehead atoms. The molecule has 0 fully saturated rings. The zero-order chi connectivity index (χ0) is 17.7. The van der Waals surface area contributed by atoms with E-state index in [4.69, 9.17) is 0 Å². The van der Waals surface area contributed by atoms with Gasteiger partial charge in [-0.1, -0.05) is 12.1 Å². The molecule has 0 aliphatic carbocycles. The number of hydrogen-bond donors (Lipinski definition) is 2. The van der Waals surface area contributed by atoms with Crippen LogP contribution in [0.4, 0.5) is 18.9 Å². The Bertz CT molecular complexity index is 811. The maximum absolute atomic E-state index is 12.6. The van der Waals surface area contributed by atoms with Gasteiger partial charge in [-0.2, -0.15) is 13.2 Å². The number of halogens is 3. The van der Waals surface area contributed by atoms with Crippen LogP contribution in [0, 0.1) is 0 Å². The van der Waals surface area contributed by atoms with Crippen molar-refractivity contribution in [3.05, 3.63) is 64.1 Å². The molecule has 126 valence electrons. The highest BCUT2D eigenvalue weighted by atomic mass is 32.2. The second kappa shape index (κ2) is 7.39. The first-order valence-electron chi connectivity index (χ1n) is 6.72. The lowest BCUT2D eigenvalue weighted by atomic mass is 10.2. The number of alkyl halides is 3. The smallest absolute Gasteiger partial charge is 0.327 e. The Morgan fingerprint density at radius 3 is 2.50 bits per heavy atom. The Kier molecular flexibility index (Phi) is 5.50. The molecule has 2 N–H and O–H groups in total. The van der Waals surface area contributed by atoms with Gasteiger partial charge in [0, 0.05) is 17.2 Å². The highest BCUT2D eigenvalue weighted by molar-refractivity contribution is 7.98. The molecule has 0 spiro atoms. The predicted molar refractivity (Wildman–Crippen MR) is 88.0 cm³/mol. The summed E-state index contributed by atoms with van der Waals surface area (Å²) in [7, 11) is 0.